The largest absolute Gasteiger partial charge is 0.496 e. The Kier molecular flexibility index (Phi) is 3.39. The van der Waals surface area contributed by atoms with E-state index < -0.39 is 0 Å². The molecule has 0 amide bonds. The minimum Gasteiger partial charge on any atom is -0.399 e. The van der Waals surface area contributed by atoms with E-state index in [4.69, 9.17) is 14.0 Å². The maximum Gasteiger partial charge on any atom is 0.496 e. The van der Waals surface area contributed by atoms with Gasteiger partial charge in [0.15, 0.2) is 0 Å². The molecule has 0 aliphatic carbocycles. The van der Waals surface area contributed by atoms with Crippen molar-refractivity contribution in [2.45, 2.75) is 57.8 Å². The molecule has 1 aromatic rings. The Morgan fingerprint density at radius 3 is 2.45 bits per heavy atom. The molecule has 1 aromatic heterocycles. The predicted octanol–water partition coefficient (Wildman–Crippen LogP) is 2.23. The Morgan fingerprint density at radius 2 is 1.85 bits per heavy atom. The van der Waals surface area contributed by atoms with Crippen LogP contribution in [-0.2, 0) is 14.0 Å². The molecule has 5 heteroatoms. The van der Waals surface area contributed by atoms with Gasteiger partial charge in [-0.3, -0.25) is 4.98 Å². The number of nitrogens with zero attached hydrogens (tertiary/aromatic N) is 1. The molecule has 2 aliphatic heterocycles. The van der Waals surface area contributed by atoms with Crippen LogP contribution < -0.4 is 5.46 Å². The fourth-order valence-corrected chi connectivity index (χ4v) is 2.60. The lowest BCUT2D eigenvalue weighted by molar-refractivity contribution is 0.00578. The SMILES string of the molecule is CC1(C)OB(c2cncc(C3CCCO3)c2)OC1(C)C. The fraction of sp³-hybridized carbons (Fsp3) is 0.667. The quantitative estimate of drug-likeness (QED) is 0.776. The third-order valence-corrected chi connectivity index (χ3v) is 4.61. The topological polar surface area (TPSA) is 40.6 Å². The van der Waals surface area contributed by atoms with Gasteiger partial charge in [0, 0.05) is 24.5 Å². The van der Waals surface area contributed by atoms with E-state index in [1.54, 1.807) is 0 Å². The lowest BCUT2D eigenvalue weighted by Gasteiger charge is -2.32. The minimum absolute atomic E-state index is 0.171. The van der Waals surface area contributed by atoms with Crippen LogP contribution >= 0.6 is 0 Å². The summed E-state index contributed by atoms with van der Waals surface area (Å²) in [4.78, 5) is 4.33. The smallest absolute Gasteiger partial charge is 0.399 e. The van der Waals surface area contributed by atoms with Crippen molar-refractivity contribution < 1.29 is 14.0 Å². The maximum atomic E-state index is 6.06. The van der Waals surface area contributed by atoms with Gasteiger partial charge in [-0.2, -0.15) is 0 Å². The highest BCUT2D eigenvalue weighted by atomic mass is 16.7. The summed E-state index contributed by atoms with van der Waals surface area (Å²) in [5, 5.41) is 0. The molecule has 108 valence electrons. The Hall–Kier alpha value is -0.905. The van der Waals surface area contributed by atoms with Crippen LogP contribution in [0.3, 0.4) is 0 Å². The van der Waals surface area contributed by atoms with Crippen LogP contribution in [0.15, 0.2) is 18.5 Å². The number of pyridine rings is 1. The highest BCUT2D eigenvalue weighted by Gasteiger charge is 2.51. The highest BCUT2D eigenvalue weighted by molar-refractivity contribution is 6.62. The van der Waals surface area contributed by atoms with E-state index >= 15 is 0 Å². The second kappa shape index (κ2) is 4.83. The van der Waals surface area contributed by atoms with Crippen molar-refractivity contribution in [2.24, 2.45) is 0 Å². The lowest BCUT2D eigenvalue weighted by atomic mass is 9.79. The third-order valence-electron chi connectivity index (χ3n) is 4.61. The van der Waals surface area contributed by atoms with E-state index in [0.29, 0.717) is 0 Å². The monoisotopic (exact) mass is 275 g/mol. The molecule has 3 heterocycles. The first kappa shape index (κ1) is 14.0. The molecule has 0 N–H and O–H groups in total. The van der Waals surface area contributed by atoms with Crippen molar-refractivity contribution in [3.8, 4) is 0 Å². The Balaban J connectivity index is 1.83. The normalized spacial score (nSPS) is 28.0. The number of hydrogen-bond donors (Lipinski definition) is 0. The second-order valence-electron chi connectivity index (χ2n) is 6.64. The van der Waals surface area contributed by atoms with E-state index in [-0.39, 0.29) is 24.4 Å². The molecular formula is C15H22BNO3. The first-order chi connectivity index (χ1) is 9.39. The molecule has 1 atom stereocenters. The number of hydrogen-bond acceptors (Lipinski definition) is 4. The minimum atomic E-state index is -0.353. The molecule has 0 saturated carbocycles. The Bertz CT molecular complexity index is 482. The van der Waals surface area contributed by atoms with Crippen LogP contribution in [0, 0.1) is 0 Å². The molecule has 3 rings (SSSR count). The van der Waals surface area contributed by atoms with E-state index in [9.17, 15) is 0 Å². The number of aromatic nitrogens is 1. The van der Waals surface area contributed by atoms with Crippen molar-refractivity contribution >= 4 is 12.6 Å². The van der Waals surface area contributed by atoms with Crippen LogP contribution in [0.5, 0.6) is 0 Å². The van der Waals surface area contributed by atoms with Crippen LogP contribution in [0.25, 0.3) is 0 Å². The summed E-state index contributed by atoms with van der Waals surface area (Å²) in [5.41, 5.74) is 1.45. The second-order valence-corrected chi connectivity index (χ2v) is 6.64. The van der Waals surface area contributed by atoms with Gasteiger partial charge in [-0.05, 0) is 46.1 Å². The Morgan fingerprint density at radius 1 is 1.15 bits per heavy atom. The molecule has 0 bridgehead atoms. The summed E-state index contributed by atoms with van der Waals surface area (Å²) in [6.07, 6.45) is 6.05. The van der Waals surface area contributed by atoms with Crippen LogP contribution in [0.4, 0.5) is 0 Å². The van der Waals surface area contributed by atoms with Gasteiger partial charge in [0.25, 0.3) is 0 Å². The molecule has 20 heavy (non-hydrogen) atoms. The summed E-state index contributed by atoms with van der Waals surface area (Å²) in [7, 11) is -0.353. The van der Waals surface area contributed by atoms with E-state index in [2.05, 4.69) is 38.7 Å². The maximum absolute atomic E-state index is 6.06. The Labute approximate surface area is 121 Å². The van der Waals surface area contributed by atoms with Gasteiger partial charge in [-0.25, -0.2) is 0 Å². The number of rotatable bonds is 2. The summed E-state index contributed by atoms with van der Waals surface area (Å²) in [6, 6.07) is 2.10. The molecule has 1 unspecified atom stereocenters. The van der Waals surface area contributed by atoms with Crippen LogP contribution in [-0.4, -0.2) is 29.9 Å². The van der Waals surface area contributed by atoms with Gasteiger partial charge in [0.2, 0.25) is 0 Å². The first-order valence-corrected chi connectivity index (χ1v) is 7.31. The first-order valence-electron chi connectivity index (χ1n) is 7.31. The third kappa shape index (κ3) is 2.38. The summed E-state index contributed by atoms with van der Waals surface area (Å²) < 4.78 is 17.8. The van der Waals surface area contributed by atoms with Gasteiger partial charge in [0.05, 0.1) is 17.3 Å². The van der Waals surface area contributed by atoms with Crippen molar-refractivity contribution in [1.29, 1.82) is 0 Å². The van der Waals surface area contributed by atoms with E-state index in [0.717, 1.165) is 30.5 Å². The number of ether oxygens (including phenoxy) is 1. The average molecular weight is 275 g/mol. The fourth-order valence-electron chi connectivity index (χ4n) is 2.60. The van der Waals surface area contributed by atoms with Crippen molar-refractivity contribution in [2.75, 3.05) is 6.61 Å². The molecule has 2 aliphatic rings. The lowest BCUT2D eigenvalue weighted by Crippen LogP contribution is -2.41. The van der Waals surface area contributed by atoms with E-state index in [1.807, 2.05) is 12.4 Å². The molecule has 0 spiro atoms. The van der Waals surface area contributed by atoms with Crippen molar-refractivity contribution in [3.63, 3.8) is 0 Å². The van der Waals surface area contributed by atoms with Crippen molar-refractivity contribution in [3.05, 3.63) is 24.0 Å². The van der Waals surface area contributed by atoms with Gasteiger partial charge >= 0.3 is 7.12 Å². The van der Waals surface area contributed by atoms with Gasteiger partial charge < -0.3 is 14.0 Å². The summed E-state index contributed by atoms with van der Waals surface area (Å²) in [6.45, 7) is 9.08. The molecule has 2 saturated heterocycles. The van der Waals surface area contributed by atoms with E-state index in [1.165, 1.54) is 0 Å². The zero-order valence-electron chi connectivity index (χ0n) is 12.7. The average Bonchev–Trinajstić information content (AvgIpc) is 2.97. The van der Waals surface area contributed by atoms with Gasteiger partial charge in [0.1, 0.15) is 0 Å². The van der Waals surface area contributed by atoms with Crippen LogP contribution in [0.1, 0.15) is 52.2 Å². The standard InChI is InChI=1S/C15H22BNO3/c1-14(2)15(3,4)20-16(19-14)12-8-11(9-17-10-12)13-6-5-7-18-13/h8-10,13H,5-7H2,1-4H3. The molecular weight excluding hydrogens is 253 g/mol. The highest BCUT2D eigenvalue weighted by Crippen LogP contribution is 2.36. The summed E-state index contributed by atoms with van der Waals surface area (Å²) >= 11 is 0. The van der Waals surface area contributed by atoms with Crippen LogP contribution in [0.2, 0.25) is 0 Å². The zero-order valence-corrected chi connectivity index (χ0v) is 12.7. The van der Waals surface area contributed by atoms with Gasteiger partial charge in [-0.1, -0.05) is 6.07 Å². The van der Waals surface area contributed by atoms with Crippen molar-refractivity contribution in [1.82, 2.24) is 4.98 Å². The van der Waals surface area contributed by atoms with Gasteiger partial charge in [-0.15, -0.1) is 0 Å². The molecule has 0 aromatic carbocycles. The molecule has 2 fully saturated rings. The molecule has 4 nitrogen and oxygen atoms in total. The predicted molar refractivity (Wildman–Crippen MR) is 77.9 cm³/mol. The summed E-state index contributed by atoms with van der Waals surface area (Å²) in [5.74, 6) is 0. The zero-order chi connectivity index (χ0) is 14.4. The molecule has 0 radical (unpaired) electrons.